The summed E-state index contributed by atoms with van der Waals surface area (Å²) < 4.78 is 10.7. The van der Waals surface area contributed by atoms with Crippen molar-refractivity contribution < 1.29 is 28.7 Å². The zero-order valence-corrected chi connectivity index (χ0v) is 19.5. The second-order valence-electron chi connectivity index (χ2n) is 7.98. The minimum Gasteiger partial charge on any atom is -0.494 e. The average Bonchev–Trinajstić information content (AvgIpc) is 3.10. The van der Waals surface area contributed by atoms with Crippen molar-refractivity contribution in [2.75, 3.05) is 16.8 Å². The number of nitrogens with zero attached hydrogens (tertiary/aromatic N) is 1. The molecule has 1 unspecified atom stereocenters. The second-order valence-corrected chi connectivity index (χ2v) is 7.98. The van der Waals surface area contributed by atoms with Crippen molar-refractivity contribution in [3.05, 3.63) is 89.0 Å². The van der Waals surface area contributed by atoms with Crippen LogP contribution in [0.1, 0.15) is 50.5 Å². The van der Waals surface area contributed by atoms with Crippen LogP contribution in [0.2, 0.25) is 0 Å². The van der Waals surface area contributed by atoms with Crippen molar-refractivity contribution in [1.82, 2.24) is 0 Å². The molecule has 0 fully saturated rings. The van der Waals surface area contributed by atoms with Gasteiger partial charge in [0.05, 0.1) is 29.0 Å². The maximum atomic E-state index is 13.0. The number of hydrogen-bond acceptors (Lipinski definition) is 6. The Morgan fingerprint density at radius 1 is 0.943 bits per heavy atom. The summed E-state index contributed by atoms with van der Waals surface area (Å²) in [5.74, 6) is -1.67. The molecule has 3 aromatic carbocycles. The molecule has 0 saturated carbocycles. The zero-order valence-electron chi connectivity index (χ0n) is 19.5. The molecule has 1 N–H and O–H groups in total. The van der Waals surface area contributed by atoms with Crippen molar-refractivity contribution in [3.8, 4) is 5.75 Å². The summed E-state index contributed by atoms with van der Waals surface area (Å²) in [6.45, 7) is 5.67. The Morgan fingerprint density at radius 3 is 2.31 bits per heavy atom. The molecule has 0 spiro atoms. The lowest BCUT2D eigenvalue weighted by Gasteiger charge is -2.15. The van der Waals surface area contributed by atoms with Gasteiger partial charge in [0.15, 0.2) is 6.10 Å². The molecule has 8 heteroatoms. The fourth-order valence-corrected chi connectivity index (χ4v) is 3.69. The quantitative estimate of drug-likeness (QED) is 0.405. The average molecular weight is 472 g/mol. The van der Waals surface area contributed by atoms with Crippen LogP contribution in [0.3, 0.4) is 0 Å². The number of esters is 1. The molecule has 3 aromatic rings. The van der Waals surface area contributed by atoms with Crippen LogP contribution in [-0.2, 0) is 9.53 Å². The summed E-state index contributed by atoms with van der Waals surface area (Å²) in [5.41, 5.74) is 2.23. The predicted molar refractivity (Wildman–Crippen MR) is 130 cm³/mol. The molecule has 0 aromatic heterocycles. The van der Waals surface area contributed by atoms with Crippen LogP contribution in [0.15, 0.2) is 66.7 Å². The molecule has 0 saturated heterocycles. The number of nitrogens with one attached hydrogen (secondary N) is 1. The highest BCUT2D eigenvalue weighted by molar-refractivity contribution is 6.34. The monoisotopic (exact) mass is 472 g/mol. The number of para-hydroxylation sites is 1. The number of hydrogen-bond donors (Lipinski definition) is 1. The van der Waals surface area contributed by atoms with Crippen LogP contribution in [0, 0.1) is 6.92 Å². The van der Waals surface area contributed by atoms with Gasteiger partial charge in [-0.2, -0.15) is 0 Å². The number of amides is 3. The molecular formula is C27H24N2O6. The van der Waals surface area contributed by atoms with Gasteiger partial charge in [-0.05, 0) is 74.9 Å². The predicted octanol–water partition coefficient (Wildman–Crippen LogP) is 4.38. The van der Waals surface area contributed by atoms with Gasteiger partial charge < -0.3 is 14.8 Å². The highest BCUT2D eigenvalue weighted by Gasteiger charge is 2.37. The van der Waals surface area contributed by atoms with Crippen molar-refractivity contribution in [1.29, 1.82) is 0 Å². The van der Waals surface area contributed by atoms with Gasteiger partial charge in [-0.15, -0.1) is 0 Å². The van der Waals surface area contributed by atoms with E-state index >= 15 is 0 Å². The molecule has 0 radical (unpaired) electrons. The number of carbonyl (C=O) groups is 4. The van der Waals surface area contributed by atoms with Gasteiger partial charge in [0, 0.05) is 5.69 Å². The van der Waals surface area contributed by atoms with E-state index in [2.05, 4.69) is 5.32 Å². The Kier molecular flexibility index (Phi) is 6.64. The summed E-state index contributed by atoms with van der Waals surface area (Å²) in [4.78, 5) is 52.1. The minimum atomic E-state index is -1.08. The van der Waals surface area contributed by atoms with Crippen LogP contribution in [0.4, 0.5) is 11.4 Å². The molecule has 1 aliphatic rings. The first-order valence-corrected chi connectivity index (χ1v) is 11.1. The number of aryl methyl sites for hydroxylation is 1. The minimum absolute atomic E-state index is 0.0639. The van der Waals surface area contributed by atoms with Gasteiger partial charge in [0.2, 0.25) is 0 Å². The fourth-order valence-electron chi connectivity index (χ4n) is 3.69. The Balaban J connectivity index is 1.48. The Labute approximate surface area is 202 Å². The first kappa shape index (κ1) is 23.7. The Hall–Kier alpha value is -4.46. The molecule has 1 aliphatic heterocycles. The summed E-state index contributed by atoms with van der Waals surface area (Å²) in [5, 5.41) is 2.73. The number of imide groups is 1. The lowest BCUT2D eigenvalue weighted by molar-refractivity contribution is -0.123. The lowest BCUT2D eigenvalue weighted by atomic mass is 10.1. The zero-order chi connectivity index (χ0) is 25.1. The van der Waals surface area contributed by atoms with Gasteiger partial charge in [-0.25, -0.2) is 9.69 Å². The van der Waals surface area contributed by atoms with Crippen LogP contribution in [0.25, 0.3) is 0 Å². The summed E-state index contributed by atoms with van der Waals surface area (Å²) >= 11 is 0. The fraction of sp³-hybridized carbons (Fsp3) is 0.185. The molecule has 0 aliphatic carbocycles. The second kappa shape index (κ2) is 9.80. The number of fused-ring (bicyclic) bond motifs is 1. The molecule has 1 heterocycles. The van der Waals surface area contributed by atoms with E-state index in [9.17, 15) is 19.2 Å². The van der Waals surface area contributed by atoms with E-state index in [1.807, 2.05) is 26.0 Å². The standard InChI is InChI=1S/C27H24N2O6/c1-4-34-20-12-10-19(11-13-20)29-25(31)21-14-9-18(15-22(21)26(29)32)27(33)35-17(3)24(30)28-23-8-6-5-7-16(23)2/h5-15,17H,4H2,1-3H3,(H,28,30). The number of carbonyl (C=O) groups excluding carboxylic acids is 4. The summed E-state index contributed by atoms with van der Waals surface area (Å²) in [7, 11) is 0. The van der Waals surface area contributed by atoms with Crippen LogP contribution in [-0.4, -0.2) is 36.4 Å². The van der Waals surface area contributed by atoms with E-state index in [1.54, 1.807) is 36.4 Å². The van der Waals surface area contributed by atoms with Crippen molar-refractivity contribution in [2.45, 2.75) is 26.9 Å². The van der Waals surface area contributed by atoms with Gasteiger partial charge in [-0.1, -0.05) is 18.2 Å². The molecule has 4 rings (SSSR count). The first-order valence-electron chi connectivity index (χ1n) is 11.1. The molecule has 178 valence electrons. The SMILES string of the molecule is CCOc1ccc(N2C(=O)c3ccc(C(=O)OC(C)C(=O)Nc4ccccc4C)cc3C2=O)cc1. The first-order chi connectivity index (χ1) is 16.8. The van der Waals surface area contributed by atoms with Gasteiger partial charge in [0.1, 0.15) is 5.75 Å². The van der Waals surface area contributed by atoms with Crippen LogP contribution >= 0.6 is 0 Å². The Bertz CT molecular complexity index is 1320. The highest BCUT2D eigenvalue weighted by atomic mass is 16.5. The molecular weight excluding hydrogens is 448 g/mol. The van der Waals surface area contributed by atoms with E-state index in [1.165, 1.54) is 25.1 Å². The number of ether oxygens (including phenoxy) is 2. The Morgan fingerprint density at radius 2 is 1.63 bits per heavy atom. The molecule has 8 nitrogen and oxygen atoms in total. The largest absolute Gasteiger partial charge is 0.494 e. The lowest BCUT2D eigenvalue weighted by Crippen LogP contribution is -2.30. The highest BCUT2D eigenvalue weighted by Crippen LogP contribution is 2.30. The van der Waals surface area contributed by atoms with Gasteiger partial charge in [-0.3, -0.25) is 14.4 Å². The van der Waals surface area contributed by atoms with Crippen molar-refractivity contribution in [2.24, 2.45) is 0 Å². The number of anilines is 2. The van der Waals surface area contributed by atoms with Gasteiger partial charge >= 0.3 is 5.97 Å². The van der Waals surface area contributed by atoms with Crippen LogP contribution < -0.4 is 15.0 Å². The normalized spacial score (nSPS) is 13.3. The number of rotatable bonds is 7. The third-order valence-corrected chi connectivity index (χ3v) is 5.58. The van der Waals surface area contributed by atoms with Crippen LogP contribution in [0.5, 0.6) is 5.75 Å². The smallest absolute Gasteiger partial charge is 0.338 e. The third kappa shape index (κ3) is 4.77. The van der Waals surface area contributed by atoms with Crippen molar-refractivity contribution in [3.63, 3.8) is 0 Å². The maximum Gasteiger partial charge on any atom is 0.338 e. The van der Waals surface area contributed by atoms with E-state index < -0.39 is 29.8 Å². The van der Waals surface area contributed by atoms with E-state index in [-0.39, 0.29) is 16.7 Å². The van der Waals surface area contributed by atoms with Gasteiger partial charge in [0.25, 0.3) is 17.7 Å². The molecule has 0 bridgehead atoms. The van der Waals surface area contributed by atoms with E-state index in [0.717, 1.165) is 10.5 Å². The van der Waals surface area contributed by atoms with E-state index in [0.29, 0.717) is 23.7 Å². The molecule has 35 heavy (non-hydrogen) atoms. The topological polar surface area (TPSA) is 102 Å². The third-order valence-electron chi connectivity index (χ3n) is 5.58. The molecule has 3 amide bonds. The van der Waals surface area contributed by atoms with Crippen molar-refractivity contribution >= 4 is 35.1 Å². The summed E-state index contributed by atoms with van der Waals surface area (Å²) in [6.07, 6.45) is -1.08. The summed E-state index contributed by atoms with van der Waals surface area (Å²) in [6, 6.07) is 18.0. The maximum absolute atomic E-state index is 13.0. The molecule has 1 atom stereocenters. The number of benzene rings is 3. The van der Waals surface area contributed by atoms with E-state index in [4.69, 9.17) is 9.47 Å².